The molecule has 0 unspecified atom stereocenters. The summed E-state index contributed by atoms with van der Waals surface area (Å²) < 4.78 is 1.68. The smallest absolute Gasteiger partial charge is 0.230 e. The van der Waals surface area contributed by atoms with Crippen LogP contribution in [0.25, 0.3) is 0 Å². The predicted octanol–water partition coefficient (Wildman–Crippen LogP) is 3.85. The van der Waals surface area contributed by atoms with Crippen molar-refractivity contribution in [3.63, 3.8) is 0 Å². The molecule has 3 rings (SSSR count). The highest BCUT2D eigenvalue weighted by atomic mass is 32.2. The number of aromatic nitrogens is 5. The second kappa shape index (κ2) is 8.92. The lowest BCUT2D eigenvalue weighted by atomic mass is 10.1. The molecule has 0 aliphatic heterocycles. The molecule has 1 aromatic carbocycles. The lowest BCUT2D eigenvalue weighted by Gasteiger charge is -2.18. The Kier molecular flexibility index (Phi) is 6.36. The third-order valence-electron chi connectivity index (χ3n) is 3.80. The number of amides is 1. The molecule has 9 heteroatoms. The van der Waals surface area contributed by atoms with Crippen LogP contribution in [0.4, 0.5) is 10.8 Å². The number of carbonyl (C=O) groups excluding carboxylic acids is 1. The highest BCUT2D eigenvalue weighted by Gasteiger charge is 2.18. The predicted molar refractivity (Wildman–Crippen MR) is 108 cm³/mol. The second-order valence-electron chi connectivity index (χ2n) is 5.72. The van der Waals surface area contributed by atoms with Gasteiger partial charge in [0.25, 0.3) is 0 Å². The minimum absolute atomic E-state index is 0.0669. The van der Waals surface area contributed by atoms with E-state index in [-0.39, 0.29) is 5.91 Å². The second-order valence-corrected chi connectivity index (χ2v) is 7.50. The van der Waals surface area contributed by atoms with E-state index in [0.717, 1.165) is 17.8 Å². The van der Waals surface area contributed by atoms with E-state index in [1.165, 1.54) is 28.7 Å². The SMILES string of the molecule is C=CCn1nnnc1SCc1csc(N(C(C)=O)c2ccc(CC)cc2)n1. The number of hydrogen-bond acceptors (Lipinski definition) is 7. The van der Waals surface area contributed by atoms with Gasteiger partial charge in [0.1, 0.15) is 0 Å². The van der Waals surface area contributed by atoms with Crippen LogP contribution in [0.1, 0.15) is 25.1 Å². The lowest BCUT2D eigenvalue weighted by Crippen LogP contribution is -2.22. The van der Waals surface area contributed by atoms with Gasteiger partial charge in [-0.2, -0.15) is 0 Å². The maximum Gasteiger partial charge on any atom is 0.230 e. The third kappa shape index (κ3) is 4.61. The number of carbonyl (C=O) groups is 1. The van der Waals surface area contributed by atoms with Crippen molar-refractivity contribution in [1.29, 1.82) is 0 Å². The van der Waals surface area contributed by atoms with Gasteiger partial charge in [0.2, 0.25) is 11.1 Å². The summed E-state index contributed by atoms with van der Waals surface area (Å²) in [5.41, 5.74) is 2.93. The molecule has 0 bridgehead atoms. The summed E-state index contributed by atoms with van der Waals surface area (Å²) in [5.74, 6) is 0.553. The Hall–Kier alpha value is -2.52. The Labute approximate surface area is 166 Å². The van der Waals surface area contributed by atoms with Gasteiger partial charge in [-0.3, -0.25) is 9.69 Å². The number of anilines is 2. The van der Waals surface area contributed by atoms with Crippen molar-refractivity contribution < 1.29 is 4.79 Å². The van der Waals surface area contributed by atoms with E-state index in [2.05, 4.69) is 34.0 Å². The molecule has 2 aromatic heterocycles. The summed E-state index contributed by atoms with van der Waals surface area (Å²) in [5, 5.41) is 15.0. The molecule has 0 aliphatic rings. The highest BCUT2D eigenvalue weighted by Crippen LogP contribution is 2.31. The van der Waals surface area contributed by atoms with Gasteiger partial charge in [-0.15, -0.1) is 23.0 Å². The fraction of sp³-hybridized carbons (Fsp3) is 0.278. The van der Waals surface area contributed by atoms with Gasteiger partial charge in [0.15, 0.2) is 5.13 Å². The van der Waals surface area contributed by atoms with Crippen molar-refractivity contribution in [3.8, 4) is 0 Å². The van der Waals surface area contributed by atoms with Crippen LogP contribution in [0.15, 0.2) is 47.5 Å². The van der Waals surface area contributed by atoms with Crippen LogP contribution in [0, 0.1) is 0 Å². The van der Waals surface area contributed by atoms with Crippen molar-refractivity contribution in [3.05, 3.63) is 53.6 Å². The standard InChI is InChI=1S/C18H20N6OS2/c1-4-10-23-18(20-21-22-23)27-12-15-11-26-17(19-15)24(13(3)25)16-8-6-14(5-2)7-9-16/h4,6-9,11H,1,5,10,12H2,2-3H3. The zero-order valence-corrected chi connectivity index (χ0v) is 16.8. The van der Waals surface area contributed by atoms with Gasteiger partial charge in [-0.25, -0.2) is 9.67 Å². The molecular formula is C18H20N6OS2. The molecule has 27 heavy (non-hydrogen) atoms. The minimum atomic E-state index is -0.0669. The van der Waals surface area contributed by atoms with E-state index in [0.29, 0.717) is 22.6 Å². The van der Waals surface area contributed by atoms with Crippen LogP contribution in [0.5, 0.6) is 0 Å². The molecule has 0 saturated carbocycles. The number of allylic oxidation sites excluding steroid dienone is 1. The summed E-state index contributed by atoms with van der Waals surface area (Å²) >= 11 is 2.95. The first-order valence-electron chi connectivity index (χ1n) is 8.46. The quantitative estimate of drug-likeness (QED) is 0.422. The molecule has 0 spiro atoms. The summed E-state index contributed by atoms with van der Waals surface area (Å²) in [6, 6.07) is 7.99. The van der Waals surface area contributed by atoms with E-state index in [1.807, 2.05) is 29.6 Å². The molecule has 0 N–H and O–H groups in total. The maximum absolute atomic E-state index is 12.2. The first kappa shape index (κ1) is 19.2. The Bertz CT molecular complexity index is 918. The number of rotatable bonds is 8. The van der Waals surface area contributed by atoms with E-state index in [1.54, 1.807) is 22.6 Å². The molecule has 2 heterocycles. The molecule has 0 fully saturated rings. The molecular weight excluding hydrogens is 380 g/mol. The molecule has 0 radical (unpaired) electrons. The van der Waals surface area contributed by atoms with E-state index >= 15 is 0 Å². The van der Waals surface area contributed by atoms with Crippen molar-refractivity contribution in [2.75, 3.05) is 4.90 Å². The average Bonchev–Trinajstić information content (AvgIpc) is 3.30. The van der Waals surface area contributed by atoms with E-state index in [9.17, 15) is 4.79 Å². The molecule has 0 saturated heterocycles. The van der Waals surface area contributed by atoms with Crippen molar-refractivity contribution in [1.82, 2.24) is 25.2 Å². The lowest BCUT2D eigenvalue weighted by molar-refractivity contribution is -0.115. The van der Waals surface area contributed by atoms with Crippen molar-refractivity contribution in [2.24, 2.45) is 0 Å². The Morgan fingerprint density at radius 3 is 2.81 bits per heavy atom. The molecule has 140 valence electrons. The topological polar surface area (TPSA) is 76.8 Å². The first-order chi connectivity index (χ1) is 13.1. The molecule has 0 atom stereocenters. The third-order valence-corrected chi connectivity index (χ3v) is 5.66. The Morgan fingerprint density at radius 2 is 2.15 bits per heavy atom. The molecule has 7 nitrogen and oxygen atoms in total. The molecule has 3 aromatic rings. The highest BCUT2D eigenvalue weighted by molar-refractivity contribution is 7.98. The van der Waals surface area contributed by atoms with Gasteiger partial charge in [-0.05, 0) is 34.5 Å². The molecule has 1 amide bonds. The monoisotopic (exact) mass is 400 g/mol. The number of aryl methyl sites for hydroxylation is 1. The van der Waals surface area contributed by atoms with Crippen LogP contribution in [0.2, 0.25) is 0 Å². The number of thiazole rings is 1. The Balaban J connectivity index is 1.74. The fourth-order valence-electron chi connectivity index (χ4n) is 2.45. The van der Waals surface area contributed by atoms with Crippen LogP contribution in [-0.4, -0.2) is 31.1 Å². The number of thioether (sulfide) groups is 1. The summed E-state index contributed by atoms with van der Waals surface area (Å²) in [4.78, 5) is 18.5. The van der Waals surface area contributed by atoms with Crippen LogP contribution >= 0.6 is 23.1 Å². The number of hydrogen-bond donors (Lipinski definition) is 0. The summed E-state index contributed by atoms with van der Waals surface area (Å²) in [6.45, 7) is 7.91. The maximum atomic E-state index is 12.2. The zero-order valence-electron chi connectivity index (χ0n) is 15.2. The molecule has 0 aliphatic carbocycles. The average molecular weight is 401 g/mol. The van der Waals surface area contributed by atoms with Gasteiger partial charge < -0.3 is 0 Å². The normalized spacial score (nSPS) is 10.7. The fourth-order valence-corrected chi connectivity index (χ4v) is 4.22. The van der Waals surface area contributed by atoms with Gasteiger partial charge in [0, 0.05) is 18.1 Å². The van der Waals surface area contributed by atoms with Gasteiger partial charge >= 0.3 is 0 Å². The minimum Gasteiger partial charge on any atom is -0.274 e. The van der Waals surface area contributed by atoms with E-state index < -0.39 is 0 Å². The van der Waals surface area contributed by atoms with Crippen molar-refractivity contribution >= 4 is 39.8 Å². The number of tetrazole rings is 1. The first-order valence-corrected chi connectivity index (χ1v) is 10.3. The zero-order chi connectivity index (χ0) is 19.2. The van der Waals surface area contributed by atoms with E-state index in [4.69, 9.17) is 0 Å². The number of nitrogens with zero attached hydrogens (tertiary/aromatic N) is 6. The van der Waals surface area contributed by atoms with Crippen LogP contribution < -0.4 is 4.90 Å². The summed E-state index contributed by atoms with van der Waals surface area (Å²) in [7, 11) is 0. The summed E-state index contributed by atoms with van der Waals surface area (Å²) in [6.07, 6.45) is 2.71. The largest absolute Gasteiger partial charge is 0.274 e. The number of benzene rings is 1. The Morgan fingerprint density at radius 1 is 1.37 bits per heavy atom. The van der Waals surface area contributed by atoms with Gasteiger partial charge in [0.05, 0.1) is 17.9 Å². The van der Waals surface area contributed by atoms with Crippen LogP contribution in [0.3, 0.4) is 0 Å². The van der Waals surface area contributed by atoms with Crippen molar-refractivity contribution in [2.45, 2.75) is 37.7 Å². The van der Waals surface area contributed by atoms with Gasteiger partial charge in [-0.1, -0.05) is 36.9 Å². The van der Waals surface area contributed by atoms with Crippen LogP contribution in [-0.2, 0) is 23.5 Å².